The molecule has 0 bridgehead atoms. The maximum atomic E-state index is 13.0. The number of hydrogen-bond acceptors (Lipinski definition) is 2. The molecule has 0 saturated carbocycles. The smallest absolute Gasteiger partial charge is 0.238 e. The number of carbonyl (C=O) groups is 1. The van der Waals surface area contributed by atoms with Crippen molar-refractivity contribution in [2.24, 2.45) is 5.92 Å². The van der Waals surface area contributed by atoms with Crippen LogP contribution in [-0.4, -0.2) is 17.9 Å². The summed E-state index contributed by atoms with van der Waals surface area (Å²) in [6.45, 7) is 6.50. The van der Waals surface area contributed by atoms with Crippen molar-refractivity contribution in [2.75, 3.05) is 11.9 Å². The lowest BCUT2D eigenvalue weighted by atomic mass is 9.75. The molecule has 24 heavy (non-hydrogen) atoms. The zero-order chi connectivity index (χ0) is 17.3. The van der Waals surface area contributed by atoms with Crippen LogP contribution in [0, 0.1) is 5.92 Å². The van der Waals surface area contributed by atoms with Crippen molar-refractivity contribution < 1.29 is 4.79 Å². The first kappa shape index (κ1) is 16.7. The van der Waals surface area contributed by atoms with Gasteiger partial charge in [-0.3, -0.25) is 9.69 Å². The molecule has 1 aliphatic heterocycles. The fraction of sp³-hybridized carbons (Fsp3) is 0.429. The first-order chi connectivity index (χ1) is 11.5. The molecule has 1 unspecified atom stereocenters. The predicted octanol–water partition coefficient (Wildman–Crippen LogP) is 4.81. The van der Waals surface area contributed by atoms with E-state index in [1.807, 2.05) is 31.3 Å². The standard InChI is InChI=1S/C21H26N2O/c1-5-15(6-2)14-21(3)17-12-13-18(16-10-8-7-9-11-16)22-19(17)23(4)20(21)24/h7-13,15H,5-6,14H2,1-4H3. The quantitative estimate of drug-likeness (QED) is 0.791. The molecule has 0 spiro atoms. The summed E-state index contributed by atoms with van der Waals surface area (Å²) in [4.78, 5) is 19.5. The Balaban J connectivity index is 2.03. The lowest BCUT2D eigenvalue weighted by molar-refractivity contribution is -0.123. The van der Waals surface area contributed by atoms with Crippen LogP contribution in [0.4, 0.5) is 5.82 Å². The fourth-order valence-corrected chi connectivity index (χ4v) is 3.84. The minimum absolute atomic E-state index is 0.169. The van der Waals surface area contributed by atoms with Gasteiger partial charge < -0.3 is 0 Å². The number of pyridine rings is 1. The van der Waals surface area contributed by atoms with Crippen molar-refractivity contribution in [3.8, 4) is 11.3 Å². The van der Waals surface area contributed by atoms with Crippen LogP contribution in [-0.2, 0) is 10.2 Å². The monoisotopic (exact) mass is 322 g/mol. The molecular weight excluding hydrogens is 296 g/mol. The summed E-state index contributed by atoms with van der Waals surface area (Å²) in [5, 5.41) is 0. The van der Waals surface area contributed by atoms with Crippen molar-refractivity contribution in [2.45, 2.75) is 45.4 Å². The first-order valence-corrected chi connectivity index (χ1v) is 8.86. The second-order valence-corrected chi connectivity index (χ2v) is 7.02. The van der Waals surface area contributed by atoms with Gasteiger partial charge in [0, 0.05) is 18.2 Å². The van der Waals surface area contributed by atoms with E-state index in [0.717, 1.165) is 41.9 Å². The van der Waals surface area contributed by atoms with Gasteiger partial charge in [0.25, 0.3) is 0 Å². The molecule has 3 heteroatoms. The molecule has 1 amide bonds. The average Bonchev–Trinajstić information content (AvgIpc) is 2.82. The van der Waals surface area contributed by atoms with E-state index >= 15 is 0 Å². The number of likely N-dealkylation sites (N-methyl/N-ethyl adjacent to an activating group) is 1. The molecule has 0 aliphatic carbocycles. The lowest BCUT2D eigenvalue weighted by Gasteiger charge is -2.27. The minimum atomic E-state index is -0.455. The molecule has 1 atom stereocenters. The number of carbonyl (C=O) groups excluding carboxylic acids is 1. The second kappa shape index (κ2) is 6.39. The van der Waals surface area contributed by atoms with E-state index in [0.29, 0.717) is 5.92 Å². The summed E-state index contributed by atoms with van der Waals surface area (Å²) >= 11 is 0. The van der Waals surface area contributed by atoms with Gasteiger partial charge in [0.05, 0.1) is 11.1 Å². The summed E-state index contributed by atoms with van der Waals surface area (Å²) in [6, 6.07) is 14.3. The summed E-state index contributed by atoms with van der Waals surface area (Å²) in [5.74, 6) is 1.55. The number of amides is 1. The van der Waals surface area contributed by atoms with Crippen molar-refractivity contribution >= 4 is 11.7 Å². The topological polar surface area (TPSA) is 33.2 Å². The van der Waals surface area contributed by atoms with Crippen molar-refractivity contribution in [3.05, 3.63) is 48.0 Å². The Morgan fingerprint density at radius 3 is 2.38 bits per heavy atom. The summed E-state index contributed by atoms with van der Waals surface area (Å²) in [7, 11) is 1.85. The number of aromatic nitrogens is 1. The molecule has 2 aromatic rings. The van der Waals surface area contributed by atoms with Crippen molar-refractivity contribution in [3.63, 3.8) is 0 Å². The Morgan fingerprint density at radius 2 is 1.75 bits per heavy atom. The predicted molar refractivity (Wildman–Crippen MR) is 99.1 cm³/mol. The van der Waals surface area contributed by atoms with Gasteiger partial charge >= 0.3 is 0 Å². The van der Waals surface area contributed by atoms with Gasteiger partial charge in [-0.1, -0.05) is 63.1 Å². The van der Waals surface area contributed by atoms with E-state index in [9.17, 15) is 4.79 Å². The minimum Gasteiger partial charge on any atom is -0.299 e. The molecule has 3 nitrogen and oxygen atoms in total. The molecular formula is C21H26N2O. The van der Waals surface area contributed by atoms with E-state index < -0.39 is 5.41 Å². The van der Waals surface area contributed by atoms with Crippen LogP contribution >= 0.6 is 0 Å². The lowest BCUT2D eigenvalue weighted by Crippen LogP contribution is -2.37. The van der Waals surface area contributed by atoms with Crippen LogP contribution < -0.4 is 4.90 Å². The van der Waals surface area contributed by atoms with E-state index in [1.165, 1.54) is 0 Å². The highest BCUT2D eigenvalue weighted by molar-refractivity contribution is 6.06. The van der Waals surface area contributed by atoms with E-state index in [2.05, 4.69) is 39.0 Å². The highest BCUT2D eigenvalue weighted by Gasteiger charge is 2.47. The number of nitrogens with zero attached hydrogens (tertiary/aromatic N) is 2. The Labute approximate surface area is 144 Å². The second-order valence-electron chi connectivity index (χ2n) is 7.02. The third-order valence-corrected chi connectivity index (χ3v) is 5.49. The molecule has 2 heterocycles. The van der Waals surface area contributed by atoms with E-state index in [1.54, 1.807) is 4.90 Å². The first-order valence-electron chi connectivity index (χ1n) is 8.86. The molecule has 1 aliphatic rings. The Hall–Kier alpha value is -2.16. The SMILES string of the molecule is CCC(CC)CC1(C)C(=O)N(C)c2nc(-c3ccccc3)ccc21. The summed E-state index contributed by atoms with van der Waals surface area (Å²) < 4.78 is 0. The van der Waals surface area contributed by atoms with E-state index in [4.69, 9.17) is 4.98 Å². The molecule has 0 N–H and O–H groups in total. The van der Waals surface area contributed by atoms with Crippen LogP contribution in [0.15, 0.2) is 42.5 Å². The molecule has 126 valence electrons. The molecule has 0 saturated heterocycles. The van der Waals surface area contributed by atoms with Crippen LogP contribution in [0.2, 0.25) is 0 Å². The number of hydrogen-bond donors (Lipinski definition) is 0. The van der Waals surface area contributed by atoms with E-state index in [-0.39, 0.29) is 5.91 Å². The van der Waals surface area contributed by atoms with Crippen LogP contribution in [0.25, 0.3) is 11.3 Å². The molecule has 0 radical (unpaired) electrons. The van der Waals surface area contributed by atoms with Crippen LogP contribution in [0.1, 0.15) is 45.6 Å². The Morgan fingerprint density at radius 1 is 1.08 bits per heavy atom. The zero-order valence-electron chi connectivity index (χ0n) is 15.0. The third-order valence-electron chi connectivity index (χ3n) is 5.49. The zero-order valence-corrected chi connectivity index (χ0v) is 15.0. The number of anilines is 1. The number of rotatable bonds is 5. The third kappa shape index (κ3) is 2.62. The highest BCUT2D eigenvalue weighted by atomic mass is 16.2. The summed E-state index contributed by atoms with van der Waals surface area (Å²) in [6.07, 6.45) is 3.10. The van der Waals surface area contributed by atoms with Gasteiger partial charge in [-0.2, -0.15) is 0 Å². The van der Waals surface area contributed by atoms with Gasteiger partial charge in [0.2, 0.25) is 5.91 Å². The Kier molecular flexibility index (Phi) is 4.44. The fourth-order valence-electron chi connectivity index (χ4n) is 3.84. The maximum Gasteiger partial charge on any atom is 0.238 e. The van der Waals surface area contributed by atoms with Crippen molar-refractivity contribution in [1.82, 2.24) is 4.98 Å². The average molecular weight is 322 g/mol. The molecule has 1 aromatic carbocycles. The normalized spacial score (nSPS) is 19.9. The molecule has 1 aromatic heterocycles. The molecule has 3 rings (SSSR count). The largest absolute Gasteiger partial charge is 0.299 e. The highest BCUT2D eigenvalue weighted by Crippen LogP contribution is 2.45. The van der Waals surface area contributed by atoms with Gasteiger partial charge in [-0.25, -0.2) is 4.98 Å². The maximum absolute atomic E-state index is 13.0. The Bertz CT molecular complexity index is 737. The van der Waals surface area contributed by atoms with Crippen LogP contribution in [0.3, 0.4) is 0 Å². The molecule has 0 fully saturated rings. The van der Waals surface area contributed by atoms with Gasteiger partial charge in [0.1, 0.15) is 5.82 Å². The van der Waals surface area contributed by atoms with Crippen molar-refractivity contribution in [1.29, 1.82) is 0 Å². The van der Waals surface area contributed by atoms with Gasteiger partial charge in [0.15, 0.2) is 0 Å². The summed E-state index contributed by atoms with van der Waals surface area (Å²) in [5.41, 5.74) is 2.61. The van der Waals surface area contributed by atoms with Gasteiger partial charge in [-0.05, 0) is 25.3 Å². The van der Waals surface area contributed by atoms with Gasteiger partial charge in [-0.15, -0.1) is 0 Å². The number of benzene rings is 1. The van der Waals surface area contributed by atoms with Crippen LogP contribution in [0.5, 0.6) is 0 Å². The number of fused-ring (bicyclic) bond motifs is 1.